The Bertz CT molecular complexity index is 500. The first kappa shape index (κ1) is 21.0. The highest BCUT2D eigenvalue weighted by Gasteiger charge is 2.15. The largest absolute Gasteiger partial charge is 0.507 e. The van der Waals surface area contributed by atoms with E-state index in [1.807, 2.05) is 6.07 Å². The van der Waals surface area contributed by atoms with Gasteiger partial charge in [-0.2, -0.15) is 0 Å². The lowest BCUT2D eigenvalue weighted by molar-refractivity contribution is 0.101. The molecule has 1 aromatic rings. The number of carbonyl (C=O) groups excluding carboxylic acids is 1. The third-order valence-electron chi connectivity index (χ3n) is 4.15. The number of unbranched alkanes of at least 4 members (excludes halogenated alkanes) is 6. The van der Waals surface area contributed by atoms with Gasteiger partial charge in [0.1, 0.15) is 11.5 Å². The normalized spacial score (nSPS) is 10.8. The zero-order chi connectivity index (χ0) is 17.8. The number of hydrogen-bond donors (Lipinski definition) is 1. The van der Waals surface area contributed by atoms with Gasteiger partial charge in [0.25, 0.3) is 0 Å². The SMILES string of the molecule is CCCc1c(OCCCCCCCCCBr)ccc(C(C)=O)c1O. The molecule has 0 spiro atoms. The maximum atomic E-state index is 11.6. The second-order valence-corrected chi connectivity index (χ2v) is 7.05. The predicted octanol–water partition coefficient (Wildman–Crippen LogP) is 6.05. The van der Waals surface area contributed by atoms with Crippen LogP contribution in [0, 0.1) is 0 Å². The van der Waals surface area contributed by atoms with E-state index in [0.29, 0.717) is 12.2 Å². The molecule has 1 N–H and O–H groups in total. The number of phenolic OH excluding ortho intramolecular Hbond substituents is 1. The molecule has 0 saturated carbocycles. The van der Waals surface area contributed by atoms with E-state index in [0.717, 1.165) is 35.9 Å². The Morgan fingerprint density at radius 1 is 1.08 bits per heavy atom. The first-order valence-corrected chi connectivity index (χ1v) is 10.3. The van der Waals surface area contributed by atoms with Crippen molar-refractivity contribution in [1.82, 2.24) is 0 Å². The monoisotopic (exact) mass is 398 g/mol. The highest BCUT2D eigenvalue weighted by atomic mass is 79.9. The van der Waals surface area contributed by atoms with E-state index in [4.69, 9.17) is 4.74 Å². The number of aromatic hydroxyl groups is 1. The quantitative estimate of drug-likeness (QED) is 0.249. The number of Topliss-reactive ketones (excluding diaryl/α,β-unsaturated/α-hetero) is 1. The summed E-state index contributed by atoms with van der Waals surface area (Å²) in [5.41, 5.74) is 1.15. The second-order valence-electron chi connectivity index (χ2n) is 6.26. The molecule has 4 heteroatoms. The molecule has 0 amide bonds. The summed E-state index contributed by atoms with van der Waals surface area (Å²) in [5.74, 6) is 0.696. The molecule has 0 aromatic heterocycles. The highest BCUT2D eigenvalue weighted by Crippen LogP contribution is 2.33. The third-order valence-corrected chi connectivity index (χ3v) is 4.72. The number of ketones is 1. The number of phenols is 1. The molecule has 0 aliphatic carbocycles. The van der Waals surface area contributed by atoms with Crippen LogP contribution in [0.5, 0.6) is 11.5 Å². The van der Waals surface area contributed by atoms with Gasteiger partial charge in [-0.05, 0) is 38.3 Å². The fraction of sp³-hybridized carbons (Fsp3) is 0.650. The summed E-state index contributed by atoms with van der Waals surface area (Å²) in [5, 5.41) is 11.4. The van der Waals surface area contributed by atoms with Gasteiger partial charge in [-0.1, -0.05) is 61.4 Å². The van der Waals surface area contributed by atoms with Crippen LogP contribution in [0.25, 0.3) is 0 Å². The maximum Gasteiger partial charge on any atom is 0.163 e. The topological polar surface area (TPSA) is 46.5 Å². The minimum absolute atomic E-state index is 0.0913. The molecule has 136 valence electrons. The minimum Gasteiger partial charge on any atom is -0.507 e. The van der Waals surface area contributed by atoms with Crippen LogP contribution < -0.4 is 4.74 Å². The van der Waals surface area contributed by atoms with Crippen molar-refractivity contribution in [2.45, 2.75) is 71.6 Å². The molecule has 1 rings (SSSR count). The van der Waals surface area contributed by atoms with Gasteiger partial charge in [0.05, 0.1) is 12.2 Å². The van der Waals surface area contributed by atoms with Crippen molar-refractivity contribution in [2.75, 3.05) is 11.9 Å². The first-order chi connectivity index (χ1) is 11.6. The lowest BCUT2D eigenvalue weighted by Crippen LogP contribution is -2.03. The molecular formula is C20H31BrO3. The summed E-state index contributed by atoms with van der Waals surface area (Å²) in [4.78, 5) is 11.6. The zero-order valence-corrected chi connectivity index (χ0v) is 16.7. The zero-order valence-electron chi connectivity index (χ0n) is 15.1. The molecule has 0 atom stereocenters. The number of carbonyl (C=O) groups is 1. The highest BCUT2D eigenvalue weighted by molar-refractivity contribution is 9.09. The summed E-state index contributed by atoms with van der Waals surface area (Å²) in [7, 11) is 0. The van der Waals surface area contributed by atoms with E-state index in [1.54, 1.807) is 6.07 Å². The van der Waals surface area contributed by atoms with Crippen LogP contribution in [0.4, 0.5) is 0 Å². The summed E-state index contributed by atoms with van der Waals surface area (Å²) in [6, 6.07) is 3.48. The van der Waals surface area contributed by atoms with Gasteiger partial charge in [0.15, 0.2) is 5.78 Å². The van der Waals surface area contributed by atoms with Crippen molar-refractivity contribution in [3.63, 3.8) is 0 Å². The fourth-order valence-corrected chi connectivity index (χ4v) is 3.19. The van der Waals surface area contributed by atoms with Gasteiger partial charge < -0.3 is 9.84 Å². The molecular weight excluding hydrogens is 368 g/mol. The van der Waals surface area contributed by atoms with Crippen LogP contribution in [0.1, 0.15) is 81.1 Å². The first-order valence-electron chi connectivity index (χ1n) is 9.16. The van der Waals surface area contributed by atoms with Gasteiger partial charge in [0.2, 0.25) is 0 Å². The summed E-state index contributed by atoms with van der Waals surface area (Å²) in [6.45, 7) is 4.19. The molecule has 0 bridgehead atoms. The summed E-state index contributed by atoms with van der Waals surface area (Å²) < 4.78 is 5.87. The molecule has 0 aliphatic heterocycles. The smallest absolute Gasteiger partial charge is 0.163 e. The van der Waals surface area contributed by atoms with Crippen molar-refractivity contribution >= 4 is 21.7 Å². The van der Waals surface area contributed by atoms with Gasteiger partial charge >= 0.3 is 0 Å². The van der Waals surface area contributed by atoms with Crippen molar-refractivity contribution in [3.8, 4) is 11.5 Å². The second kappa shape index (κ2) is 12.3. The Hall–Kier alpha value is -1.03. The molecule has 0 heterocycles. The van der Waals surface area contributed by atoms with Crippen molar-refractivity contribution in [3.05, 3.63) is 23.3 Å². The Balaban J connectivity index is 2.42. The van der Waals surface area contributed by atoms with Crippen LogP contribution in [-0.2, 0) is 6.42 Å². The summed E-state index contributed by atoms with van der Waals surface area (Å²) >= 11 is 3.46. The molecule has 0 radical (unpaired) electrons. The number of hydrogen-bond acceptors (Lipinski definition) is 3. The van der Waals surface area contributed by atoms with E-state index >= 15 is 0 Å². The Morgan fingerprint density at radius 2 is 1.71 bits per heavy atom. The van der Waals surface area contributed by atoms with E-state index in [9.17, 15) is 9.90 Å². The van der Waals surface area contributed by atoms with Crippen LogP contribution >= 0.6 is 15.9 Å². The number of ether oxygens (including phenoxy) is 1. The minimum atomic E-state index is -0.115. The molecule has 1 aromatic carbocycles. The van der Waals surface area contributed by atoms with Crippen LogP contribution in [0.2, 0.25) is 0 Å². The van der Waals surface area contributed by atoms with Gasteiger partial charge in [-0.15, -0.1) is 0 Å². The Kier molecular flexibility index (Phi) is 10.8. The third kappa shape index (κ3) is 7.25. The van der Waals surface area contributed by atoms with Crippen LogP contribution in [-0.4, -0.2) is 22.8 Å². The number of halogens is 1. The molecule has 0 unspecified atom stereocenters. The van der Waals surface area contributed by atoms with Crippen molar-refractivity contribution in [1.29, 1.82) is 0 Å². The predicted molar refractivity (Wildman–Crippen MR) is 104 cm³/mol. The van der Waals surface area contributed by atoms with Gasteiger partial charge in [-0.25, -0.2) is 0 Å². The molecule has 24 heavy (non-hydrogen) atoms. The van der Waals surface area contributed by atoms with E-state index in [2.05, 4.69) is 22.9 Å². The summed E-state index contributed by atoms with van der Waals surface area (Å²) in [6.07, 6.45) is 10.3. The van der Waals surface area contributed by atoms with E-state index in [1.165, 1.54) is 45.4 Å². The Morgan fingerprint density at radius 3 is 2.29 bits per heavy atom. The molecule has 0 saturated heterocycles. The number of alkyl halides is 1. The van der Waals surface area contributed by atoms with Crippen LogP contribution in [0.15, 0.2) is 12.1 Å². The standard InChI is InChI=1S/C20H31BrO3/c1-3-11-18-19(13-12-17(16(2)22)20(18)23)24-15-10-8-6-4-5-7-9-14-21/h12-13,23H,3-11,14-15H2,1-2H3. The van der Waals surface area contributed by atoms with Gasteiger partial charge in [0, 0.05) is 10.9 Å². The van der Waals surface area contributed by atoms with E-state index in [-0.39, 0.29) is 11.5 Å². The number of rotatable bonds is 13. The lowest BCUT2D eigenvalue weighted by atomic mass is 10.0. The maximum absolute atomic E-state index is 11.6. The molecule has 0 fully saturated rings. The van der Waals surface area contributed by atoms with Crippen molar-refractivity contribution in [2.24, 2.45) is 0 Å². The lowest BCUT2D eigenvalue weighted by Gasteiger charge is -2.14. The van der Waals surface area contributed by atoms with Crippen LogP contribution in [0.3, 0.4) is 0 Å². The number of benzene rings is 1. The van der Waals surface area contributed by atoms with Crippen molar-refractivity contribution < 1.29 is 14.6 Å². The molecule has 0 aliphatic rings. The van der Waals surface area contributed by atoms with Gasteiger partial charge in [-0.3, -0.25) is 4.79 Å². The fourth-order valence-electron chi connectivity index (χ4n) is 2.79. The average Bonchev–Trinajstić information content (AvgIpc) is 2.56. The molecule has 3 nitrogen and oxygen atoms in total. The Labute approximate surface area is 154 Å². The average molecular weight is 399 g/mol. The van der Waals surface area contributed by atoms with E-state index < -0.39 is 0 Å².